The molecule has 0 radical (unpaired) electrons. The minimum Gasteiger partial charge on any atom is -0.367 e. The monoisotopic (exact) mass is 195 g/mol. The van der Waals surface area contributed by atoms with Gasteiger partial charge in [0.25, 0.3) is 5.91 Å². The number of primary amides is 1. The highest BCUT2D eigenvalue weighted by Crippen LogP contribution is 2.00. The number of hydrogen-bond acceptors (Lipinski definition) is 5. The molecule has 14 heavy (non-hydrogen) atoms. The second-order valence-electron chi connectivity index (χ2n) is 2.70. The fourth-order valence-corrected chi connectivity index (χ4v) is 0.874. The molecule has 0 fully saturated rings. The van der Waals surface area contributed by atoms with Crippen molar-refractivity contribution in [2.45, 2.75) is 0 Å². The number of nitrogens with one attached hydrogen (secondary N) is 2. The minimum atomic E-state index is -0.570. The molecule has 0 aliphatic carbocycles. The quantitative estimate of drug-likeness (QED) is 0.535. The Morgan fingerprint density at radius 2 is 2.21 bits per heavy atom. The molecular formula is C8H13N5O. The molecule has 1 amide bonds. The molecule has 6 nitrogen and oxygen atoms in total. The highest BCUT2D eigenvalue weighted by molar-refractivity contribution is 5.90. The highest BCUT2D eigenvalue weighted by atomic mass is 16.1. The van der Waals surface area contributed by atoms with Crippen LogP contribution in [-0.2, 0) is 0 Å². The van der Waals surface area contributed by atoms with Crippen LogP contribution in [0.2, 0.25) is 0 Å². The summed E-state index contributed by atoms with van der Waals surface area (Å²) in [4.78, 5) is 10.7. The Bertz CT molecular complexity index is 297. The van der Waals surface area contributed by atoms with Crippen LogP contribution < -0.4 is 16.4 Å². The number of rotatable bonds is 5. The third-order valence-electron chi connectivity index (χ3n) is 1.60. The van der Waals surface area contributed by atoms with Crippen molar-refractivity contribution in [3.05, 3.63) is 17.8 Å². The maximum Gasteiger partial charge on any atom is 0.269 e. The van der Waals surface area contributed by atoms with Gasteiger partial charge in [-0.05, 0) is 19.2 Å². The zero-order valence-electron chi connectivity index (χ0n) is 7.95. The minimum absolute atomic E-state index is 0.171. The van der Waals surface area contributed by atoms with E-state index in [-0.39, 0.29) is 5.69 Å². The van der Waals surface area contributed by atoms with Crippen molar-refractivity contribution in [3.8, 4) is 0 Å². The standard InChI is InChI=1S/C8H13N5O/c1-10-4-5-11-7-3-2-6(8(9)14)12-13-7/h2-3,10H,4-5H2,1H3,(H2,9,14)(H,11,13). The normalized spacial score (nSPS) is 9.79. The van der Waals surface area contributed by atoms with Crippen LogP contribution in [-0.4, -0.2) is 36.2 Å². The first-order chi connectivity index (χ1) is 6.74. The number of amides is 1. The number of likely N-dealkylation sites (N-methyl/N-ethyl adjacent to an activating group) is 1. The average molecular weight is 195 g/mol. The Morgan fingerprint density at radius 1 is 1.43 bits per heavy atom. The predicted molar refractivity (Wildman–Crippen MR) is 53.0 cm³/mol. The Hall–Kier alpha value is -1.69. The summed E-state index contributed by atoms with van der Waals surface area (Å²) in [5.41, 5.74) is 5.18. The van der Waals surface area contributed by atoms with Crippen LogP contribution in [0.5, 0.6) is 0 Å². The van der Waals surface area contributed by atoms with Crippen molar-refractivity contribution < 1.29 is 4.79 Å². The zero-order chi connectivity index (χ0) is 10.4. The van der Waals surface area contributed by atoms with E-state index in [1.54, 1.807) is 6.07 Å². The summed E-state index contributed by atoms with van der Waals surface area (Å²) < 4.78 is 0. The molecule has 0 aromatic carbocycles. The predicted octanol–water partition coefficient (Wildman–Crippen LogP) is -0.793. The number of anilines is 1. The number of nitrogens with zero attached hydrogens (tertiary/aromatic N) is 2. The average Bonchev–Trinajstić information content (AvgIpc) is 2.19. The molecule has 0 aliphatic heterocycles. The van der Waals surface area contributed by atoms with Gasteiger partial charge >= 0.3 is 0 Å². The second kappa shape index (κ2) is 5.13. The Labute approximate surface area is 81.9 Å². The molecule has 6 heteroatoms. The van der Waals surface area contributed by atoms with E-state index in [1.807, 2.05) is 7.05 Å². The molecule has 4 N–H and O–H groups in total. The third kappa shape index (κ3) is 2.98. The Morgan fingerprint density at radius 3 is 2.71 bits per heavy atom. The smallest absolute Gasteiger partial charge is 0.269 e. The van der Waals surface area contributed by atoms with Gasteiger partial charge in [0.1, 0.15) is 5.82 Å². The fourth-order valence-electron chi connectivity index (χ4n) is 0.874. The lowest BCUT2D eigenvalue weighted by Crippen LogP contribution is -2.19. The van der Waals surface area contributed by atoms with Crippen LogP contribution >= 0.6 is 0 Å². The van der Waals surface area contributed by atoms with Crippen LogP contribution in [0.3, 0.4) is 0 Å². The van der Waals surface area contributed by atoms with Gasteiger partial charge in [0.2, 0.25) is 0 Å². The summed E-state index contributed by atoms with van der Waals surface area (Å²) in [6.07, 6.45) is 0. The summed E-state index contributed by atoms with van der Waals surface area (Å²) in [5.74, 6) is 0.0597. The third-order valence-corrected chi connectivity index (χ3v) is 1.60. The molecule has 0 aliphatic rings. The highest BCUT2D eigenvalue weighted by Gasteiger charge is 2.01. The van der Waals surface area contributed by atoms with Gasteiger partial charge in [-0.1, -0.05) is 0 Å². The summed E-state index contributed by atoms with van der Waals surface area (Å²) in [7, 11) is 1.86. The van der Waals surface area contributed by atoms with Gasteiger partial charge in [0.05, 0.1) is 0 Å². The van der Waals surface area contributed by atoms with E-state index in [2.05, 4.69) is 20.8 Å². The van der Waals surface area contributed by atoms with Crippen molar-refractivity contribution in [2.24, 2.45) is 5.73 Å². The van der Waals surface area contributed by atoms with Crippen LogP contribution in [0.4, 0.5) is 5.82 Å². The molecule has 0 saturated carbocycles. The van der Waals surface area contributed by atoms with Gasteiger partial charge in [-0.3, -0.25) is 4.79 Å². The number of hydrogen-bond donors (Lipinski definition) is 3. The van der Waals surface area contributed by atoms with E-state index in [1.165, 1.54) is 6.07 Å². The summed E-state index contributed by atoms with van der Waals surface area (Å²) >= 11 is 0. The first kappa shape index (κ1) is 10.4. The molecule has 0 unspecified atom stereocenters. The summed E-state index contributed by atoms with van der Waals surface area (Å²) in [5, 5.41) is 13.4. The maximum absolute atomic E-state index is 10.7. The van der Waals surface area contributed by atoms with Gasteiger partial charge in [0, 0.05) is 13.1 Å². The largest absolute Gasteiger partial charge is 0.367 e. The van der Waals surface area contributed by atoms with E-state index < -0.39 is 5.91 Å². The van der Waals surface area contributed by atoms with Gasteiger partial charge < -0.3 is 16.4 Å². The molecule has 0 bridgehead atoms. The van der Waals surface area contributed by atoms with Gasteiger partial charge in [-0.25, -0.2) is 0 Å². The number of carbonyl (C=O) groups excluding carboxylic acids is 1. The van der Waals surface area contributed by atoms with E-state index in [4.69, 9.17) is 5.73 Å². The summed E-state index contributed by atoms with van der Waals surface area (Å²) in [6.45, 7) is 1.58. The topological polar surface area (TPSA) is 92.9 Å². The summed E-state index contributed by atoms with van der Waals surface area (Å²) in [6, 6.07) is 3.21. The lowest BCUT2D eigenvalue weighted by atomic mass is 10.4. The lowest BCUT2D eigenvalue weighted by Gasteiger charge is -2.03. The van der Waals surface area contributed by atoms with E-state index in [0.29, 0.717) is 5.82 Å². The van der Waals surface area contributed by atoms with Crippen molar-refractivity contribution >= 4 is 11.7 Å². The van der Waals surface area contributed by atoms with Gasteiger partial charge in [0.15, 0.2) is 5.69 Å². The first-order valence-electron chi connectivity index (χ1n) is 4.26. The molecule has 1 heterocycles. The number of carbonyl (C=O) groups is 1. The zero-order valence-corrected chi connectivity index (χ0v) is 7.95. The molecule has 0 atom stereocenters. The van der Waals surface area contributed by atoms with Crippen molar-refractivity contribution in [3.63, 3.8) is 0 Å². The lowest BCUT2D eigenvalue weighted by molar-refractivity contribution is 0.0994. The first-order valence-corrected chi connectivity index (χ1v) is 4.26. The maximum atomic E-state index is 10.7. The SMILES string of the molecule is CNCCNc1ccc(C(N)=O)nn1. The van der Waals surface area contributed by atoms with Gasteiger partial charge in [-0.15, -0.1) is 10.2 Å². The Balaban J connectivity index is 2.51. The van der Waals surface area contributed by atoms with E-state index >= 15 is 0 Å². The van der Waals surface area contributed by atoms with E-state index in [9.17, 15) is 4.79 Å². The molecule has 0 spiro atoms. The molecule has 76 valence electrons. The van der Waals surface area contributed by atoms with Crippen LogP contribution in [0.15, 0.2) is 12.1 Å². The molecule has 1 rings (SSSR count). The van der Waals surface area contributed by atoms with Crippen LogP contribution in [0, 0.1) is 0 Å². The molecular weight excluding hydrogens is 182 g/mol. The number of nitrogens with two attached hydrogens (primary N) is 1. The number of aromatic nitrogens is 2. The molecule has 1 aromatic rings. The fraction of sp³-hybridized carbons (Fsp3) is 0.375. The van der Waals surface area contributed by atoms with Crippen molar-refractivity contribution in [1.29, 1.82) is 0 Å². The Kier molecular flexibility index (Phi) is 3.81. The van der Waals surface area contributed by atoms with Crippen LogP contribution in [0.1, 0.15) is 10.5 Å². The van der Waals surface area contributed by atoms with Gasteiger partial charge in [-0.2, -0.15) is 0 Å². The van der Waals surface area contributed by atoms with Crippen LogP contribution in [0.25, 0.3) is 0 Å². The van der Waals surface area contributed by atoms with Crippen molar-refractivity contribution in [2.75, 3.05) is 25.5 Å². The molecule has 0 saturated heterocycles. The van der Waals surface area contributed by atoms with E-state index in [0.717, 1.165) is 13.1 Å². The second-order valence-corrected chi connectivity index (χ2v) is 2.70. The molecule has 1 aromatic heterocycles. The van der Waals surface area contributed by atoms with Crippen molar-refractivity contribution in [1.82, 2.24) is 15.5 Å².